The minimum absolute atomic E-state index is 0.346. The molecule has 21 heavy (non-hydrogen) atoms. The molecule has 1 nitrogen and oxygen atoms in total. The predicted molar refractivity (Wildman–Crippen MR) is 98.8 cm³/mol. The van der Waals surface area contributed by atoms with E-state index in [9.17, 15) is 0 Å². The zero-order valence-corrected chi connectivity index (χ0v) is 15.9. The molecule has 2 rings (SSSR count). The van der Waals surface area contributed by atoms with E-state index in [1.54, 1.807) is 0 Å². The Balaban J connectivity index is 1.97. The molecular weight excluding hydrogens is 338 g/mol. The van der Waals surface area contributed by atoms with E-state index in [0.717, 1.165) is 11.0 Å². The summed E-state index contributed by atoms with van der Waals surface area (Å²) in [6.07, 6.45) is 0. The maximum Gasteiger partial charge on any atom is 0.0775 e. The van der Waals surface area contributed by atoms with E-state index in [0.29, 0.717) is 6.04 Å². The zero-order chi connectivity index (χ0) is 15.5. The lowest BCUT2D eigenvalue weighted by molar-refractivity contribution is 0.574. The van der Waals surface area contributed by atoms with Gasteiger partial charge in [0, 0.05) is 17.1 Å². The normalized spacial score (nSPS) is 13.2. The van der Waals surface area contributed by atoms with Crippen molar-refractivity contribution in [1.82, 2.24) is 5.32 Å². The number of nitrogens with one attached hydrogen (secondary N) is 1. The van der Waals surface area contributed by atoms with E-state index in [1.165, 1.54) is 16.3 Å². The Morgan fingerprint density at radius 3 is 2.29 bits per heavy atom. The van der Waals surface area contributed by atoms with E-state index in [-0.39, 0.29) is 0 Å². The molecule has 0 radical (unpaired) electrons. The van der Waals surface area contributed by atoms with Crippen LogP contribution in [0.1, 0.15) is 24.1 Å². The first kappa shape index (κ1) is 16.5. The summed E-state index contributed by atoms with van der Waals surface area (Å²) >= 11 is 3.53. The van der Waals surface area contributed by atoms with Gasteiger partial charge >= 0.3 is 0 Å². The van der Waals surface area contributed by atoms with Crippen molar-refractivity contribution in [2.24, 2.45) is 0 Å². The van der Waals surface area contributed by atoms with Gasteiger partial charge in [0.15, 0.2) is 0 Å². The number of rotatable bonds is 5. The van der Waals surface area contributed by atoms with Gasteiger partial charge in [-0.15, -0.1) is 0 Å². The molecule has 0 heterocycles. The fourth-order valence-corrected chi connectivity index (χ4v) is 3.87. The van der Waals surface area contributed by atoms with Gasteiger partial charge in [-0.1, -0.05) is 77.2 Å². The van der Waals surface area contributed by atoms with Gasteiger partial charge in [0.2, 0.25) is 0 Å². The second-order valence-electron chi connectivity index (χ2n) is 6.60. The summed E-state index contributed by atoms with van der Waals surface area (Å²) in [4.78, 5) is 0. The van der Waals surface area contributed by atoms with Gasteiger partial charge in [0.05, 0.1) is 8.07 Å². The average molecular weight is 362 g/mol. The van der Waals surface area contributed by atoms with Crippen LogP contribution in [0.5, 0.6) is 0 Å². The smallest absolute Gasteiger partial charge is 0.0775 e. The molecule has 0 amide bonds. The van der Waals surface area contributed by atoms with Crippen LogP contribution in [0.2, 0.25) is 19.6 Å². The lowest BCUT2D eigenvalue weighted by Crippen LogP contribution is -2.37. The Kier molecular flexibility index (Phi) is 5.41. The van der Waals surface area contributed by atoms with Crippen LogP contribution in [0.15, 0.2) is 53.0 Å². The third-order valence-corrected chi connectivity index (χ3v) is 6.34. The topological polar surface area (TPSA) is 12.0 Å². The maximum absolute atomic E-state index is 3.59. The van der Waals surface area contributed by atoms with Crippen LogP contribution in [0, 0.1) is 0 Å². The molecular formula is C18H24BrNSi. The summed E-state index contributed by atoms with van der Waals surface area (Å²) in [7, 11) is -1.19. The molecule has 3 heteroatoms. The van der Waals surface area contributed by atoms with Crippen LogP contribution in [-0.2, 0) is 6.54 Å². The summed E-state index contributed by atoms with van der Waals surface area (Å²) < 4.78 is 1.13. The molecule has 2 aromatic rings. The van der Waals surface area contributed by atoms with E-state index < -0.39 is 8.07 Å². The number of halogens is 1. The highest BCUT2D eigenvalue weighted by molar-refractivity contribution is 9.10. The molecule has 0 spiro atoms. The Bertz CT molecular complexity index is 587. The SMILES string of the molecule is CC(NCc1ccc([Si](C)(C)C)cc1)c1cccc(Br)c1. The summed E-state index contributed by atoms with van der Waals surface area (Å²) in [5.41, 5.74) is 2.65. The standard InChI is InChI=1S/C18H24BrNSi/c1-14(16-6-5-7-17(19)12-16)20-13-15-8-10-18(11-9-15)21(2,3)4/h5-12,14,20H,13H2,1-4H3. The van der Waals surface area contributed by atoms with Gasteiger partial charge in [-0.2, -0.15) is 0 Å². The molecule has 1 atom stereocenters. The molecule has 0 saturated heterocycles. The number of hydrogen-bond acceptors (Lipinski definition) is 1. The van der Waals surface area contributed by atoms with Crippen molar-refractivity contribution in [1.29, 1.82) is 0 Å². The van der Waals surface area contributed by atoms with E-state index in [4.69, 9.17) is 0 Å². The predicted octanol–water partition coefficient (Wildman–Crippen LogP) is 4.85. The lowest BCUT2D eigenvalue weighted by atomic mass is 10.1. The number of hydrogen-bond donors (Lipinski definition) is 1. The van der Waals surface area contributed by atoms with Crippen LogP contribution in [-0.4, -0.2) is 8.07 Å². The quantitative estimate of drug-likeness (QED) is 0.750. The summed E-state index contributed by atoms with van der Waals surface area (Å²) in [5, 5.41) is 5.11. The molecule has 0 aliphatic heterocycles. The molecule has 0 aliphatic rings. The second kappa shape index (κ2) is 6.90. The summed E-state index contributed by atoms with van der Waals surface area (Å²) in [6, 6.07) is 17.9. The maximum atomic E-state index is 3.59. The molecule has 0 bridgehead atoms. The molecule has 0 aliphatic carbocycles. The first-order valence-electron chi connectivity index (χ1n) is 7.44. The third-order valence-electron chi connectivity index (χ3n) is 3.78. The highest BCUT2D eigenvalue weighted by Gasteiger charge is 2.15. The summed E-state index contributed by atoms with van der Waals surface area (Å²) in [5.74, 6) is 0. The van der Waals surface area contributed by atoms with Crippen molar-refractivity contribution in [2.75, 3.05) is 0 Å². The van der Waals surface area contributed by atoms with Crippen LogP contribution in [0.3, 0.4) is 0 Å². The van der Waals surface area contributed by atoms with Crippen LogP contribution in [0.25, 0.3) is 0 Å². The van der Waals surface area contributed by atoms with Crippen molar-refractivity contribution in [2.45, 2.75) is 39.2 Å². The Morgan fingerprint density at radius 2 is 1.71 bits per heavy atom. The van der Waals surface area contributed by atoms with Gasteiger partial charge in [-0.3, -0.25) is 0 Å². The molecule has 112 valence electrons. The fourth-order valence-electron chi connectivity index (χ4n) is 2.29. The van der Waals surface area contributed by atoms with E-state index in [2.05, 4.69) is 96.3 Å². The molecule has 0 aromatic heterocycles. The van der Waals surface area contributed by atoms with Gasteiger partial charge in [-0.05, 0) is 30.2 Å². The lowest BCUT2D eigenvalue weighted by Gasteiger charge is -2.18. The Labute approximate surface area is 137 Å². The monoisotopic (exact) mass is 361 g/mol. The molecule has 1 N–H and O–H groups in total. The highest BCUT2D eigenvalue weighted by atomic mass is 79.9. The largest absolute Gasteiger partial charge is 0.306 e. The fraction of sp³-hybridized carbons (Fsp3) is 0.333. The van der Waals surface area contributed by atoms with Crippen molar-refractivity contribution < 1.29 is 0 Å². The third kappa shape index (κ3) is 4.80. The average Bonchev–Trinajstić information content (AvgIpc) is 2.44. The van der Waals surface area contributed by atoms with Crippen molar-refractivity contribution in [3.8, 4) is 0 Å². The highest BCUT2D eigenvalue weighted by Crippen LogP contribution is 2.18. The van der Waals surface area contributed by atoms with Crippen molar-refractivity contribution >= 4 is 29.2 Å². The van der Waals surface area contributed by atoms with Crippen LogP contribution < -0.4 is 10.5 Å². The van der Waals surface area contributed by atoms with Crippen LogP contribution in [0.4, 0.5) is 0 Å². The van der Waals surface area contributed by atoms with E-state index >= 15 is 0 Å². The van der Waals surface area contributed by atoms with Gasteiger partial charge in [0.25, 0.3) is 0 Å². The Hall–Kier alpha value is -0.903. The van der Waals surface area contributed by atoms with Gasteiger partial charge in [-0.25, -0.2) is 0 Å². The Morgan fingerprint density at radius 1 is 1.05 bits per heavy atom. The van der Waals surface area contributed by atoms with Gasteiger partial charge in [0.1, 0.15) is 0 Å². The molecule has 1 unspecified atom stereocenters. The minimum Gasteiger partial charge on any atom is -0.306 e. The molecule has 2 aromatic carbocycles. The second-order valence-corrected chi connectivity index (χ2v) is 12.6. The number of benzene rings is 2. The first-order valence-corrected chi connectivity index (χ1v) is 11.7. The van der Waals surface area contributed by atoms with Crippen LogP contribution >= 0.6 is 15.9 Å². The zero-order valence-electron chi connectivity index (χ0n) is 13.3. The van der Waals surface area contributed by atoms with Crippen molar-refractivity contribution in [3.05, 3.63) is 64.1 Å². The molecule has 0 fully saturated rings. The first-order chi connectivity index (χ1) is 9.86. The minimum atomic E-state index is -1.19. The van der Waals surface area contributed by atoms with E-state index in [1.807, 2.05) is 0 Å². The summed E-state index contributed by atoms with van der Waals surface area (Å²) in [6.45, 7) is 10.3. The molecule has 0 saturated carbocycles. The van der Waals surface area contributed by atoms with Gasteiger partial charge < -0.3 is 5.32 Å². The van der Waals surface area contributed by atoms with Crippen molar-refractivity contribution in [3.63, 3.8) is 0 Å².